The lowest BCUT2D eigenvalue weighted by Crippen LogP contribution is -2.49. The van der Waals surface area contributed by atoms with Gasteiger partial charge in [0.15, 0.2) is 11.6 Å². The van der Waals surface area contributed by atoms with Gasteiger partial charge in [-0.2, -0.15) is 0 Å². The molecule has 2 N–H and O–H groups in total. The van der Waals surface area contributed by atoms with Crippen molar-refractivity contribution in [1.29, 1.82) is 0 Å². The lowest BCUT2D eigenvalue weighted by atomic mass is 9.94. The molecular weight excluding hydrogens is 451 g/mol. The van der Waals surface area contributed by atoms with Gasteiger partial charge >= 0.3 is 6.03 Å². The molecule has 0 saturated carbocycles. The number of hydrogen-bond acceptors (Lipinski definition) is 7. The van der Waals surface area contributed by atoms with Gasteiger partial charge in [0.2, 0.25) is 5.95 Å². The number of nitrogens with one attached hydrogen (secondary N) is 2. The van der Waals surface area contributed by atoms with Gasteiger partial charge in [-0.1, -0.05) is 6.07 Å². The number of likely N-dealkylation sites (N-methyl/N-ethyl adjacent to an activating group) is 1. The maximum absolute atomic E-state index is 13.9. The third kappa shape index (κ3) is 5.33. The Hall–Kier alpha value is -2.98. The molecule has 0 bridgehead atoms. The summed E-state index contributed by atoms with van der Waals surface area (Å²) in [6.45, 7) is 4.06. The van der Waals surface area contributed by atoms with Crippen molar-refractivity contribution in [3.05, 3.63) is 47.0 Å². The molecule has 0 aliphatic carbocycles. The Morgan fingerprint density at radius 2 is 2.09 bits per heavy atom. The number of fused-ring (bicyclic) bond motifs is 1. The number of aromatic nitrogens is 2. The van der Waals surface area contributed by atoms with Crippen LogP contribution in [0.1, 0.15) is 35.6 Å². The van der Waals surface area contributed by atoms with Crippen LogP contribution in [-0.2, 0) is 17.7 Å². The standard InChI is InChI=1S/C25H33FN6O3/c1-31-13-19(16-3-4-20(26)23(11-16)34-2)22(14-31)30-25(33)32-8-5-17-12-27-24(29-21(17)15-32)28-18-6-9-35-10-7-18/h3-4,11-12,18-19,22H,5-10,13-15H2,1-2H3,(H,30,33)(H,27,28,29)/t19-,22+/m0/s1. The van der Waals surface area contributed by atoms with E-state index in [0.717, 1.165) is 62.4 Å². The van der Waals surface area contributed by atoms with E-state index in [-0.39, 0.29) is 29.6 Å². The van der Waals surface area contributed by atoms with Crippen LogP contribution in [0.15, 0.2) is 24.4 Å². The first-order chi connectivity index (χ1) is 17.0. The second-order valence-corrected chi connectivity index (χ2v) is 9.65. The Kier molecular flexibility index (Phi) is 7.01. The number of methoxy groups -OCH3 is 1. The topological polar surface area (TPSA) is 91.9 Å². The van der Waals surface area contributed by atoms with Crippen LogP contribution in [0.4, 0.5) is 15.1 Å². The second-order valence-electron chi connectivity index (χ2n) is 9.65. The second kappa shape index (κ2) is 10.3. The monoisotopic (exact) mass is 484 g/mol. The largest absolute Gasteiger partial charge is 0.494 e. The smallest absolute Gasteiger partial charge is 0.318 e. The molecule has 1 aromatic carbocycles. The lowest BCUT2D eigenvalue weighted by molar-refractivity contribution is 0.0903. The summed E-state index contributed by atoms with van der Waals surface area (Å²) in [7, 11) is 3.49. The molecule has 2 aromatic rings. The third-order valence-electron chi connectivity index (χ3n) is 7.20. The number of carbonyl (C=O) groups excluding carboxylic acids is 1. The molecule has 4 heterocycles. The van der Waals surface area contributed by atoms with E-state index in [0.29, 0.717) is 25.1 Å². The number of urea groups is 1. The van der Waals surface area contributed by atoms with Crippen molar-refractivity contribution in [3.63, 3.8) is 0 Å². The summed E-state index contributed by atoms with van der Waals surface area (Å²) in [5.41, 5.74) is 2.93. The van der Waals surface area contributed by atoms with Gasteiger partial charge in [0.25, 0.3) is 0 Å². The van der Waals surface area contributed by atoms with Gasteiger partial charge in [-0.25, -0.2) is 19.2 Å². The van der Waals surface area contributed by atoms with Gasteiger partial charge in [-0.3, -0.25) is 0 Å². The van der Waals surface area contributed by atoms with Crippen LogP contribution in [0.3, 0.4) is 0 Å². The van der Waals surface area contributed by atoms with Gasteiger partial charge in [0, 0.05) is 51.0 Å². The van der Waals surface area contributed by atoms with E-state index in [1.165, 1.54) is 13.2 Å². The van der Waals surface area contributed by atoms with E-state index in [1.807, 2.05) is 18.1 Å². The van der Waals surface area contributed by atoms with Crippen LogP contribution >= 0.6 is 0 Å². The molecule has 2 atom stereocenters. The Morgan fingerprint density at radius 3 is 2.89 bits per heavy atom. The fourth-order valence-corrected chi connectivity index (χ4v) is 5.21. The van der Waals surface area contributed by atoms with E-state index in [4.69, 9.17) is 14.5 Å². The van der Waals surface area contributed by atoms with E-state index in [1.54, 1.807) is 12.1 Å². The number of anilines is 1. The SMILES string of the molecule is COc1cc([C@@H]2CN(C)C[C@H]2NC(=O)N2CCc3cnc(NC4CCOCC4)nc3C2)ccc1F. The Balaban J connectivity index is 1.25. The van der Waals surface area contributed by atoms with Crippen LogP contribution in [0, 0.1) is 5.82 Å². The maximum Gasteiger partial charge on any atom is 0.318 e. The van der Waals surface area contributed by atoms with Crippen LogP contribution in [0.2, 0.25) is 0 Å². The summed E-state index contributed by atoms with van der Waals surface area (Å²) in [5.74, 6) is 0.497. The molecule has 9 nitrogen and oxygen atoms in total. The minimum atomic E-state index is -0.386. The number of halogens is 1. The van der Waals surface area contributed by atoms with E-state index in [9.17, 15) is 9.18 Å². The summed E-state index contributed by atoms with van der Waals surface area (Å²) >= 11 is 0. The zero-order valence-corrected chi connectivity index (χ0v) is 20.3. The number of nitrogens with zero attached hydrogens (tertiary/aromatic N) is 4. The van der Waals surface area contributed by atoms with Crippen molar-refractivity contribution in [2.45, 2.75) is 43.8 Å². The summed E-state index contributed by atoms with van der Waals surface area (Å²) in [6.07, 6.45) is 4.48. The molecule has 188 valence electrons. The van der Waals surface area contributed by atoms with E-state index >= 15 is 0 Å². The lowest BCUT2D eigenvalue weighted by Gasteiger charge is -2.31. The zero-order chi connectivity index (χ0) is 24.4. The molecule has 3 aliphatic rings. The number of carbonyl (C=O) groups is 1. The maximum atomic E-state index is 13.9. The van der Waals surface area contributed by atoms with Crippen molar-refractivity contribution in [2.24, 2.45) is 0 Å². The highest BCUT2D eigenvalue weighted by atomic mass is 19.1. The summed E-state index contributed by atoms with van der Waals surface area (Å²) in [4.78, 5) is 26.5. The quantitative estimate of drug-likeness (QED) is 0.673. The molecule has 5 rings (SSSR count). The number of likely N-dealkylation sites (tertiary alicyclic amines) is 1. The van der Waals surface area contributed by atoms with Crippen molar-refractivity contribution < 1.29 is 18.7 Å². The molecule has 1 aromatic heterocycles. The van der Waals surface area contributed by atoms with Gasteiger partial charge in [-0.05, 0) is 49.6 Å². The van der Waals surface area contributed by atoms with Gasteiger partial charge in [-0.15, -0.1) is 0 Å². The summed E-state index contributed by atoms with van der Waals surface area (Å²) in [5, 5.41) is 6.64. The molecule has 2 amide bonds. The number of ether oxygens (including phenoxy) is 2. The molecule has 35 heavy (non-hydrogen) atoms. The highest BCUT2D eigenvalue weighted by molar-refractivity contribution is 5.75. The van der Waals surface area contributed by atoms with Gasteiger partial charge in [0.05, 0.1) is 25.4 Å². The van der Waals surface area contributed by atoms with Crippen LogP contribution < -0.4 is 15.4 Å². The highest BCUT2D eigenvalue weighted by Gasteiger charge is 2.35. The molecule has 2 saturated heterocycles. The minimum Gasteiger partial charge on any atom is -0.494 e. The minimum absolute atomic E-state index is 0.0492. The van der Waals surface area contributed by atoms with Crippen LogP contribution in [0.25, 0.3) is 0 Å². The first-order valence-electron chi connectivity index (χ1n) is 12.3. The molecule has 0 unspecified atom stereocenters. The van der Waals surface area contributed by atoms with Crippen molar-refractivity contribution in [1.82, 2.24) is 25.1 Å². The fourth-order valence-electron chi connectivity index (χ4n) is 5.21. The normalized spacial score (nSPS) is 23.1. The van der Waals surface area contributed by atoms with Crippen molar-refractivity contribution in [2.75, 3.05) is 52.3 Å². The average molecular weight is 485 g/mol. The number of rotatable bonds is 5. The van der Waals surface area contributed by atoms with Crippen molar-refractivity contribution in [3.8, 4) is 5.75 Å². The predicted octanol–water partition coefficient (Wildman–Crippen LogP) is 2.38. The van der Waals surface area contributed by atoms with E-state index < -0.39 is 0 Å². The molecule has 0 radical (unpaired) electrons. The third-order valence-corrected chi connectivity index (χ3v) is 7.20. The Labute approximate surface area is 205 Å². The molecule has 10 heteroatoms. The van der Waals surface area contributed by atoms with Gasteiger partial charge < -0.3 is 29.9 Å². The number of hydrogen-bond donors (Lipinski definition) is 2. The zero-order valence-electron chi connectivity index (χ0n) is 20.3. The highest BCUT2D eigenvalue weighted by Crippen LogP contribution is 2.31. The predicted molar refractivity (Wildman–Crippen MR) is 129 cm³/mol. The van der Waals surface area contributed by atoms with Gasteiger partial charge in [0.1, 0.15) is 0 Å². The first-order valence-corrected chi connectivity index (χ1v) is 12.3. The molecule has 3 aliphatic heterocycles. The molecule has 2 fully saturated rings. The van der Waals surface area contributed by atoms with E-state index in [2.05, 4.69) is 20.5 Å². The fraction of sp³-hybridized carbons (Fsp3) is 0.560. The number of benzene rings is 1. The first kappa shape index (κ1) is 23.7. The van der Waals surface area contributed by atoms with Crippen molar-refractivity contribution >= 4 is 12.0 Å². The number of amides is 2. The van der Waals surface area contributed by atoms with Crippen LogP contribution in [-0.4, -0.2) is 84.9 Å². The summed E-state index contributed by atoms with van der Waals surface area (Å²) < 4.78 is 24.5. The Bertz CT molecular complexity index is 1060. The summed E-state index contributed by atoms with van der Waals surface area (Å²) in [6, 6.07) is 5.07. The van der Waals surface area contributed by atoms with Crippen LogP contribution in [0.5, 0.6) is 5.75 Å². The average Bonchev–Trinajstić information content (AvgIpc) is 3.24. The Morgan fingerprint density at radius 1 is 1.26 bits per heavy atom. The molecular formula is C25H33FN6O3. The molecule has 0 spiro atoms.